The van der Waals surface area contributed by atoms with Crippen LogP contribution in [0.1, 0.15) is 12.0 Å². The van der Waals surface area contributed by atoms with Gasteiger partial charge in [-0.25, -0.2) is 4.98 Å². The van der Waals surface area contributed by atoms with Crippen molar-refractivity contribution < 1.29 is 4.74 Å². The van der Waals surface area contributed by atoms with Gasteiger partial charge in [-0.3, -0.25) is 4.68 Å². The first-order chi connectivity index (χ1) is 11.8. The van der Waals surface area contributed by atoms with E-state index >= 15 is 0 Å². The van der Waals surface area contributed by atoms with Gasteiger partial charge in [-0.1, -0.05) is 30.3 Å². The van der Waals surface area contributed by atoms with Crippen LogP contribution in [0, 0.1) is 5.92 Å². The third-order valence-corrected chi connectivity index (χ3v) is 4.70. The van der Waals surface area contributed by atoms with Crippen molar-refractivity contribution in [1.82, 2.24) is 14.8 Å². The highest BCUT2D eigenvalue weighted by molar-refractivity contribution is 5.89. The van der Waals surface area contributed by atoms with E-state index in [1.165, 1.54) is 17.7 Å². The van der Waals surface area contributed by atoms with E-state index in [1.807, 2.05) is 30.2 Å². The molecule has 3 aromatic rings. The molecule has 0 amide bonds. The lowest BCUT2D eigenvalue weighted by atomic mass is 10.1. The van der Waals surface area contributed by atoms with E-state index in [4.69, 9.17) is 4.74 Å². The maximum absolute atomic E-state index is 5.92. The lowest BCUT2D eigenvalue weighted by Gasteiger charge is -2.19. The molecule has 2 aromatic heterocycles. The Morgan fingerprint density at radius 1 is 1.21 bits per heavy atom. The minimum atomic E-state index is 0.577. The molecule has 1 atom stereocenters. The van der Waals surface area contributed by atoms with Crippen LogP contribution in [0.3, 0.4) is 0 Å². The molecule has 0 radical (unpaired) electrons. The smallest absolute Gasteiger partial charge is 0.159 e. The third kappa shape index (κ3) is 2.99. The van der Waals surface area contributed by atoms with Crippen LogP contribution in [-0.2, 0) is 18.4 Å². The van der Waals surface area contributed by atoms with Gasteiger partial charge in [0, 0.05) is 32.3 Å². The molecule has 4 rings (SSSR count). The zero-order valence-electron chi connectivity index (χ0n) is 13.9. The van der Waals surface area contributed by atoms with E-state index in [2.05, 4.69) is 45.3 Å². The number of fused-ring (bicyclic) bond motifs is 1. The molecular formula is C19H22N4O. The first-order valence-corrected chi connectivity index (χ1v) is 8.44. The Balaban J connectivity index is 1.37. The van der Waals surface area contributed by atoms with Gasteiger partial charge in [-0.2, -0.15) is 5.10 Å². The Hall–Kier alpha value is -2.40. The fourth-order valence-corrected chi connectivity index (χ4v) is 3.41. The second-order valence-electron chi connectivity index (χ2n) is 6.44. The molecule has 0 aliphatic carbocycles. The van der Waals surface area contributed by atoms with Crippen molar-refractivity contribution in [3.8, 4) is 0 Å². The van der Waals surface area contributed by atoms with Crippen molar-refractivity contribution in [2.24, 2.45) is 13.0 Å². The minimum Gasteiger partial charge on any atom is -0.376 e. The van der Waals surface area contributed by atoms with Crippen LogP contribution in [-0.4, -0.2) is 34.5 Å². The van der Waals surface area contributed by atoms with Crippen molar-refractivity contribution in [2.45, 2.75) is 13.0 Å². The van der Waals surface area contributed by atoms with Crippen LogP contribution < -0.4 is 4.90 Å². The van der Waals surface area contributed by atoms with Gasteiger partial charge < -0.3 is 9.64 Å². The maximum Gasteiger partial charge on any atom is 0.159 e. The van der Waals surface area contributed by atoms with Crippen molar-refractivity contribution in [1.29, 1.82) is 0 Å². The zero-order chi connectivity index (χ0) is 16.4. The summed E-state index contributed by atoms with van der Waals surface area (Å²) in [6, 6.07) is 12.5. The number of nitrogens with zero attached hydrogens (tertiary/aromatic N) is 4. The summed E-state index contributed by atoms with van der Waals surface area (Å²) in [5.74, 6) is 0.577. The van der Waals surface area contributed by atoms with Crippen LogP contribution in [0.25, 0.3) is 11.0 Å². The Morgan fingerprint density at radius 2 is 2.08 bits per heavy atom. The maximum atomic E-state index is 5.92. The van der Waals surface area contributed by atoms with Crippen molar-refractivity contribution in [3.05, 3.63) is 54.4 Å². The highest BCUT2D eigenvalue weighted by Gasteiger charge is 2.24. The first-order valence-electron chi connectivity index (χ1n) is 8.44. The summed E-state index contributed by atoms with van der Waals surface area (Å²) in [5.41, 5.74) is 3.41. The lowest BCUT2D eigenvalue weighted by Crippen LogP contribution is -2.21. The van der Waals surface area contributed by atoms with Gasteiger partial charge in [0.2, 0.25) is 0 Å². The molecule has 5 nitrogen and oxygen atoms in total. The molecule has 1 aliphatic rings. The molecule has 0 N–H and O–H groups in total. The number of anilines is 1. The average molecular weight is 322 g/mol. The molecule has 3 heterocycles. The third-order valence-electron chi connectivity index (χ3n) is 4.70. The SMILES string of the molecule is Cn1ncc2c(N3CCC(COCc4ccccc4)C3)ccnc21. The van der Waals surface area contributed by atoms with Gasteiger partial charge in [-0.05, 0) is 18.1 Å². The lowest BCUT2D eigenvalue weighted by molar-refractivity contribution is 0.0929. The van der Waals surface area contributed by atoms with E-state index in [-0.39, 0.29) is 0 Å². The summed E-state index contributed by atoms with van der Waals surface area (Å²) in [7, 11) is 1.93. The Kier molecular flexibility index (Phi) is 4.17. The van der Waals surface area contributed by atoms with E-state index in [0.29, 0.717) is 12.5 Å². The molecule has 0 spiro atoms. The summed E-state index contributed by atoms with van der Waals surface area (Å²) in [5, 5.41) is 5.46. The number of benzene rings is 1. The average Bonchev–Trinajstić information content (AvgIpc) is 3.23. The van der Waals surface area contributed by atoms with Crippen LogP contribution in [0.5, 0.6) is 0 Å². The highest BCUT2D eigenvalue weighted by Crippen LogP contribution is 2.29. The topological polar surface area (TPSA) is 43.2 Å². The zero-order valence-corrected chi connectivity index (χ0v) is 13.9. The van der Waals surface area contributed by atoms with Gasteiger partial charge in [0.25, 0.3) is 0 Å². The van der Waals surface area contributed by atoms with Gasteiger partial charge in [0.05, 0.1) is 30.5 Å². The van der Waals surface area contributed by atoms with Crippen LogP contribution in [0.2, 0.25) is 0 Å². The number of aromatic nitrogens is 3. The summed E-state index contributed by atoms with van der Waals surface area (Å²) in [4.78, 5) is 6.86. The second-order valence-corrected chi connectivity index (χ2v) is 6.44. The molecule has 1 fully saturated rings. The molecular weight excluding hydrogens is 300 g/mol. The van der Waals surface area contributed by atoms with Gasteiger partial charge in [-0.15, -0.1) is 0 Å². The van der Waals surface area contributed by atoms with Gasteiger partial charge >= 0.3 is 0 Å². The molecule has 24 heavy (non-hydrogen) atoms. The number of hydrogen-bond acceptors (Lipinski definition) is 4. The normalized spacial score (nSPS) is 17.7. The summed E-state index contributed by atoms with van der Waals surface area (Å²) >= 11 is 0. The number of aryl methyl sites for hydroxylation is 1. The predicted molar refractivity (Wildman–Crippen MR) is 94.9 cm³/mol. The molecule has 1 saturated heterocycles. The molecule has 0 bridgehead atoms. The molecule has 1 aliphatic heterocycles. The highest BCUT2D eigenvalue weighted by atomic mass is 16.5. The van der Waals surface area contributed by atoms with E-state index < -0.39 is 0 Å². The Morgan fingerprint density at radius 3 is 2.96 bits per heavy atom. The molecule has 124 valence electrons. The van der Waals surface area contributed by atoms with Gasteiger partial charge in [0.1, 0.15) is 0 Å². The van der Waals surface area contributed by atoms with Crippen LogP contribution in [0.4, 0.5) is 5.69 Å². The van der Waals surface area contributed by atoms with Crippen molar-refractivity contribution in [3.63, 3.8) is 0 Å². The number of ether oxygens (including phenoxy) is 1. The first kappa shape index (κ1) is 15.1. The van der Waals surface area contributed by atoms with Crippen molar-refractivity contribution in [2.75, 3.05) is 24.6 Å². The predicted octanol–water partition coefficient (Wildman–Crippen LogP) is 3.01. The number of rotatable bonds is 5. The fraction of sp³-hybridized carbons (Fsp3) is 0.368. The summed E-state index contributed by atoms with van der Waals surface area (Å²) in [6.45, 7) is 3.60. The van der Waals surface area contributed by atoms with Crippen molar-refractivity contribution >= 4 is 16.7 Å². The fourth-order valence-electron chi connectivity index (χ4n) is 3.41. The van der Waals surface area contributed by atoms with E-state index in [0.717, 1.165) is 30.7 Å². The molecule has 1 aromatic carbocycles. The minimum absolute atomic E-state index is 0.577. The largest absolute Gasteiger partial charge is 0.376 e. The number of pyridine rings is 1. The summed E-state index contributed by atoms with van der Waals surface area (Å²) in [6.07, 6.45) is 4.95. The molecule has 1 unspecified atom stereocenters. The van der Waals surface area contributed by atoms with E-state index in [9.17, 15) is 0 Å². The molecule has 5 heteroatoms. The van der Waals surface area contributed by atoms with Gasteiger partial charge in [0.15, 0.2) is 5.65 Å². The van der Waals surface area contributed by atoms with Crippen LogP contribution >= 0.6 is 0 Å². The summed E-state index contributed by atoms with van der Waals surface area (Å²) < 4.78 is 7.75. The Bertz CT molecular complexity index is 815. The molecule has 0 saturated carbocycles. The standard InChI is InChI=1S/C19H22N4O/c1-22-19-17(11-21-22)18(7-9-20-19)23-10-8-16(12-23)14-24-13-15-5-3-2-4-6-15/h2-7,9,11,16H,8,10,12-14H2,1H3. The van der Waals surface area contributed by atoms with E-state index in [1.54, 1.807) is 0 Å². The van der Waals surface area contributed by atoms with Crippen LogP contribution in [0.15, 0.2) is 48.8 Å². The monoisotopic (exact) mass is 322 g/mol. The number of hydrogen-bond donors (Lipinski definition) is 0. The quantitative estimate of drug-likeness (QED) is 0.724. The Labute approximate surface area is 141 Å². The second kappa shape index (κ2) is 6.61.